The van der Waals surface area contributed by atoms with Crippen LogP contribution in [0.15, 0.2) is 258 Å². The van der Waals surface area contributed by atoms with Crippen LogP contribution < -0.4 is 0 Å². The number of furan rings is 2. The lowest BCUT2D eigenvalue weighted by Crippen LogP contribution is -1.94. The lowest BCUT2D eigenvalue weighted by Gasteiger charge is -2.09. The Morgan fingerprint density at radius 1 is 0.250 bits per heavy atom. The topological polar surface area (TPSA) is 93.6 Å². The van der Waals surface area contributed by atoms with Crippen LogP contribution in [0, 0.1) is 35.0 Å². The van der Waals surface area contributed by atoms with Crippen molar-refractivity contribution in [3.8, 4) is 47.2 Å². The van der Waals surface area contributed by atoms with Gasteiger partial charge in [-0.15, -0.1) is 6.42 Å². The molecule has 8 nitrogen and oxygen atoms in total. The fraction of sp³-hybridized carbons (Fsp3) is 0. The summed E-state index contributed by atoms with van der Waals surface area (Å²) in [6.45, 7) is 0. The van der Waals surface area contributed by atoms with Crippen LogP contribution in [-0.2, 0) is 0 Å². The quantitative estimate of drug-likeness (QED) is 0.164. The second-order valence-corrected chi connectivity index (χ2v) is 21.4. The van der Waals surface area contributed by atoms with E-state index in [0.29, 0.717) is 11.1 Å². The zero-order valence-electron chi connectivity index (χ0n) is 44.7. The molecule has 8 heteroatoms. The average Bonchev–Trinajstić information content (AvgIpc) is 2.17. The highest BCUT2D eigenvalue weighted by molar-refractivity contribution is 6.15. The molecule has 0 amide bonds. The van der Waals surface area contributed by atoms with E-state index in [9.17, 15) is 10.5 Å². The zero-order valence-corrected chi connectivity index (χ0v) is 44.7. The molecule has 18 aromatic rings. The van der Waals surface area contributed by atoms with Crippen LogP contribution in [0.4, 0.5) is 0 Å². The van der Waals surface area contributed by atoms with E-state index in [-0.39, 0.29) is 0 Å². The van der Waals surface area contributed by atoms with Gasteiger partial charge < -0.3 is 27.1 Å². The van der Waals surface area contributed by atoms with Gasteiger partial charge in [-0.3, -0.25) is 0 Å². The first-order chi connectivity index (χ1) is 41.5. The Bertz CT molecular complexity index is 5750. The lowest BCUT2D eigenvalue weighted by molar-refractivity contribution is 0.668. The maximum absolute atomic E-state index is 9.54. The van der Waals surface area contributed by atoms with Crippen molar-refractivity contribution in [2.45, 2.75) is 0 Å². The Morgan fingerprint density at radius 3 is 0.786 bits per heavy atom. The van der Waals surface area contributed by atoms with E-state index in [1.54, 1.807) is 0 Å². The molecule has 0 radical (unpaired) electrons. The minimum atomic E-state index is 0.653. The number of benzene rings is 12. The van der Waals surface area contributed by atoms with Crippen molar-refractivity contribution in [2.75, 3.05) is 0 Å². The fourth-order valence-electron chi connectivity index (χ4n) is 13.2. The van der Waals surface area contributed by atoms with Crippen LogP contribution in [0.2, 0.25) is 0 Å². The van der Waals surface area contributed by atoms with Gasteiger partial charge in [0, 0.05) is 92.9 Å². The number of fused-ring (bicyclic) bond motifs is 18. The Kier molecular flexibility index (Phi) is 10.0. The van der Waals surface area contributed by atoms with Gasteiger partial charge >= 0.3 is 0 Å². The summed E-state index contributed by atoms with van der Waals surface area (Å²) in [5, 5.41) is 32.5. The van der Waals surface area contributed by atoms with Gasteiger partial charge in [0.15, 0.2) is 0 Å². The monoisotopic (exact) mass is 1070 g/mol. The lowest BCUT2D eigenvalue weighted by atomic mass is 10.1. The second kappa shape index (κ2) is 18.0. The number of hydrogen-bond donors (Lipinski definition) is 0. The van der Waals surface area contributed by atoms with E-state index < -0.39 is 0 Å². The van der Waals surface area contributed by atoms with Crippen molar-refractivity contribution < 1.29 is 8.83 Å². The standard InChI is InChI=1S/C39H21N3O.C37H21N3O/c1-2-24-11-15-36-30(19-24)28-7-3-5-9-34(28)41(36)26-13-17-38-32(21-26)33-22-27(14-18-39(33)43-38)42-35-10-6-4-8-29(35)31-20-25(23-40)12-16-37(31)42;38-22-23-13-16-35-29(19-23)28-9-3-6-12-34(28)40(35)25-15-18-37-31(21-25)30-20-24(14-17-36(30)41-37)39-32-10-4-1-7-26(32)27-8-2-5-11-33(27)39/h1,3-22H;1-21H. The third-order valence-electron chi connectivity index (χ3n) is 16.9. The van der Waals surface area contributed by atoms with E-state index in [0.717, 1.165) is 132 Å². The third-order valence-corrected chi connectivity index (χ3v) is 16.9. The molecule has 0 aliphatic rings. The van der Waals surface area contributed by atoms with Gasteiger partial charge in [0.2, 0.25) is 0 Å². The molecule has 0 atom stereocenters. The van der Waals surface area contributed by atoms with Crippen LogP contribution in [0.25, 0.3) is 154 Å². The zero-order chi connectivity index (χ0) is 55.7. The summed E-state index contributed by atoms with van der Waals surface area (Å²) in [6.07, 6.45) is 5.75. The number of terminal acetylenes is 1. The minimum Gasteiger partial charge on any atom is -0.456 e. The van der Waals surface area contributed by atoms with Gasteiger partial charge in [-0.1, -0.05) is 96.9 Å². The molecule has 6 aromatic heterocycles. The minimum absolute atomic E-state index is 0.653. The molecule has 0 fully saturated rings. The van der Waals surface area contributed by atoms with Crippen molar-refractivity contribution in [2.24, 2.45) is 0 Å². The van der Waals surface area contributed by atoms with Crippen molar-refractivity contribution in [3.05, 3.63) is 265 Å². The molecule has 0 saturated carbocycles. The van der Waals surface area contributed by atoms with Crippen LogP contribution >= 0.6 is 0 Å². The summed E-state index contributed by atoms with van der Waals surface area (Å²) >= 11 is 0. The molecule has 0 aliphatic carbocycles. The smallest absolute Gasteiger partial charge is 0.135 e. The van der Waals surface area contributed by atoms with Crippen LogP contribution in [0.1, 0.15) is 16.7 Å². The highest BCUT2D eigenvalue weighted by atomic mass is 16.3. The summed E-state index contributed by atoms with van der Waals surface area (Å²) in [5.41, 5.74) is 18.8. The summed E-state index contributed by atoms with van der Waals surface area (Å²) < 4.78 is 21.8. The van der Waals surface area contributed by atoms with E-state index >= 15 is 0 Å². The summed E-state index contributed by atoms with van der Waals surface area (Å²) in [4.78, 5) is 0. The molecule has 388 valence electrons. The third kappa shape index (κ3) is 6.88. The number of nitrogens with zero attached hydrogens (tertiary/aromatic N) is 6. The first-order valence-corrected chi connectivity index (χ1v) is 27.8. The van der Waals surface area contributed by atoms with Crippen LogP contribution in [-0.4, -0.2) is 18.3 Å². The largest absolute Gasteiger partial charge is 0.456 e. The van der Waals surface area contributed by atoms with Gasteiger partial charge in [-0.05, 0) is 158 Å². The molecule has 0 unspecified atom stereocenters. The molecule has 0 bridgehead atoms. The SMILES string of the molecule is C#Cc1ccc2c(c1)c1ccccc1n2-c1ccc2oc3ccc(-n4c5ccccc5c5cc(C#N)ccc54)cc3c2c1.N#Cc1ccc2c(c1)c1ccccc1n2-c1ccc2oc3ccc(-n4c5ccccc5c5ccccc54)cc3c2c1. The second-order valence-electron chi connectivity index (χ2n) is 21.4. The van der Waals surface area contributed by atoms with Crippen molar-refractivity contribution >= 4 is 131 Å². The molecule has 6 heterocycles. The van der Waals surface area contributed by atoms with Gasteiger partial charge in [0.1, 0.15) is 22.3 Å². The predicted octanol–water partition coefficient (Wildman–Crippen LogP) is 19.3. The molecular weight excluding hydrogens is 1030 g/mol. The Balaban J connectivity index is 0.000000132. The van der Waals surface area contributed by atoms with Gasteiger partial charge in [0.25, 0.3) is 0 Å². The fourth-order valence-corrected chi connectivity index (χ4v) is 13.2. The highest BCUT2D eigenvalue weighted by Gasteiger charge is 2.20. The van der Waals surface area contributed by atoms with E-state index in [2.05, 4.69) is 230 Å². The van der Waals surface area contributed by atoms with Crippen LogP contribution in [0.5, 0.6) is 0 Å². The van der Waals surface area contributed by atoms with Gasteiger partial charge in [0.05, 0.1) is 67.4 Å². The molecular formula is C76H42N6O2. The highest BCUT2D eigenvalue weighted by Crippen LogP contribution is 2.41. The van der Waals surface area contributed by atoms with Crippen molar-refractivity contribution in [3.63, 3.8) is 0 Å². The number of hydrogen-bond acceptors (Lipinski definition) is 4. The number of aromatic nitrogens is 4. The maximum Gasteiger partial charge on any atom is 0.135 e. The first kappa shape index (κ1) is 46.9. The Morgan fingerprint density at radius 2 is 0.500 bits per heavy atom. The predicted molar refractivity (Wildman–Crippen MR) is 342 cm³/mol. The van der Waals surface area contributed by atoms with Gasteiger partial charge in [-0.2, -0.15) is 10.5 Å². The van der Waals surface area contributed by atoms with E-state index in [1.807, 2.05) is 54.6 Å². The summed E-state index contributed by atoms with van der Waals surface area (Å²) in [5.74, 6) is 2.78. The maximum atomic E-state index is 9.54. The summed E-state index contributed by atoms with van der Waals surface area (Å²) in [6, 6.07) is 90.5. The molecule has 0 spiro atoms. The summed E-state index contributed by atoms with van der Waals surface area (Å²) in [7, 11) is 0. The first-order valence-electron chi connectivity index (χ1n) is 27.8. The molecule has 0 N–H and O–H groups in total. The van der Waals surface area contributed by atoms with Gasteiger partial charge in [-0.25, -0.2) is 0 Å². The number of para-hydroxylation sites is 5. The Hall–Kier alpha value is -12.0. The van der Waals surface area contributed by atoms with E-state index in [1.165, 1.54) is 27.2 Å². The van der Waals surface area contributed by atoms with Crippen molar-refractivity contribution in [1.82, 2.24) is 18.3 Å². The molecule has 12 aromatic carbocycles. The number of rotatable bonds is 4. The average molecular weight is 1070 g/mol. The molecule has 0 aliphatic heterocycles. The van der Waals surface area contributed by atoms with Crippen molar-refractivity contribution in [1.29, 1.82) is 10.5 Å². The molecule has 84 heavy (non-hydrogen) atoms. The number of nitriles is 2. The van der Waals surface area contributed by atoms with E-state index in [4.69, 9.17) is 15.3 Å². The normalized spacial score (nSPS) is 11.8. The Labute approximate surface area is 478 Å². The van der Waals surface area contributed by atoms with Crippen LogP contribution in [0.3, 0.4) is 0 Å². The molecule has 0 saturated heterocycles. The molecule has 18 rings (SSSR count).